The van der Waals surface area contributed by atoms with E-state index >= 15 is 0 Å². The lowest BCUT2D eigenvalue weighted by atomic mass is 10.1. The van der Waals surface area contributed by atoms with E-state index in [2.05, 4.69) is 10.6 Å². The first-order chi connectivity index (χ1) is 9.15. The topological polar surface area (TPSA) is 78.4 Å². The Morgan fingerprint density at radius 3 is 2.58 bits per heavy atom. The summed E-state index contributed by atoms with van der Waals surface area (Å²) in [7, 11) is 0. The third kappa shape index (κ3) is 5.25. The molecule has 5 heteroatoms. The van der Waals surface area contributed by atoms with Gasteiger partial charge in [0.1, 0.15) is 0 Å². The van der Waals surface area contributed by atoms with Gasteiger partial charge in [-0.15, -0.1) is 0 Å². The molecule has 3 N–H and O–H groups in total. The van der Waals surface area contributed by atoms with E-state index in [1.807, 2.05) is 19.1 Å². The van der Waals surface area contributed by atoms with Crippen molar-refractivity contribution in [3.8, 4) is 0 Å². The summed E-state index contributed by atoms with van der Waals surface area (Å²) < 4.78 is 0. The van der Waals surface area contributed by atoms with Crippen LogP contribution in [0.1, 0.15) is 24.9 Å². The molecule has 5 nitrogen and oxygen atoms in total. The van der Waals surface area contributed by atoms with Crippen LogP contribution < -0.4 is 10.6 Å². The van der Waals surface area contributed by atoms with E-state index in [4.69, 9.17) is 5.11 Å². The molecule has 0 aromatic heterocycles. The monoisotopic (exact) mass is 262 g/mol. The minimum absolute atomic E-state index is 0.470. The van der Waals surface area contributed by atoms with Gasteiger partial charge in [-0.3, -0.25) is 0 Å². The molecular formula is C14H18N2O3. The summed E-state index contributed by atoms with van der Waals surface area (Å²) >= 11 is 0. The van der Waals surface area contributed by atoms with Crippen molar-refractivity contribution in [1.29, 1.82) is 0 Å². The van der Waals surface area contributed by atoms with Crippen LogP contribution >= 0.6 is 0 Å². The average Bonchev–Trinajstić information content (AvgIpc) is 2.41. The fourth-order valence-electron chi connectivity index (χ4n) is 1.55. The fourth-order valence-corrected chi connectivity index (χ4v) is 1.55. The molecule has 1 aromatic carbocycles. The van der Waals surface area contributed by atoms with Crippen LogP contribution in [0.5, 0.6) is 0 Å². The summed E-state index contributed by atoms with van der Waals surface area (Å²) in [5.41, 5.74) is 0.540. The molecular weight excluding hydrogens is 244 g/mol. The zero-order valence-electron chi connectivity index (χ0n) is 10.8. The summed E-state index contributed by atoms with van der Waals surface area (Å²) in [5, 5.41) is 14.2. The zero-order valence-corrected chi connectivity index (χ0v) is 10.8. The van der Waals surface area contributed by atoms with E-state index in [-0.39, 0.29) is 0 Å². The number of carbonyl (C=O) groups is 2. The van der Waals surface area contributed by atoms with Crippen LogP contribution in [0.4, 0.5) is 4.79 Å². The van der Waals surface area contributed by atoms with Crippen LogP contribution in [0, 0.1) is 0 Å². The van der Waals surface area contributed by atoms with Crippen molar-refractivity contribution in [3.05, 3.63) is 48.0 Å². The highest BCUT2D eigenvalue weighted by Crippen LogP contribution is 2.12. The molecule has 102 valence electrons. The van der Waals surface area contributed by atoms with E-state index in [0.717, 1.165) is 0 Å². The minimum atomic E-state index is -1.09. The van der Waals surface area contributed by atoms with Crippen LogP contribution in [0.3, 0.4) is 0 Å². The smallest absolute Gasteiger partial charge is 0.330 e. The largest absolute Gasteiger partial charge is 0.479 e. The Morgan fingerprint density at radius 2 is 2.00 bits per heavy atom. The number of carboxylic acid groups (broad SMARTS) is 1. The first-order valence-electron chi connectivity index (χ1n) is 6.08. The summed E-state index contributed by atoms with van der Waals surface area (Å²) in [5.74, 6) is -1.09. The second kappa shape index (κ2) is 7.92. The molecule has 1 rings (SSSR count). The number of aliphatic carboxylic acids is 1. The highest BCUT2D eigenvalue weighted by molar-refractivity contribution is 5.83. The molecule has 0 radical (unpaired) electrons. The van der Waals surface area contributed by atoms with Crippen molar-refractivity contribution in [2.75, 3.05) is 6.54 Å². The number of amides is 2. The highest BCUT2D eigenvalue weighted by atomic mass is 16.4. The van der Waals surface area contributed by atoms with Crippen LogP contribution in [0.15, 0.2) is 42.5 Å². The van der Waals surface area contributed by atoms with Crippen LogP contribution in [0.2, 0.25) is 0 Å². The standard InChI is InChI=1S/C14H18N2O3/c1-2-3-7-10-15-14(19)16-12(13(17)18)11-8-5-4-6-9-11/h2-6,8-9,12H,7,10H2,1H3,(H,17,18)(H2,15,16,19)/b3-2+. The van der Waals surface area contributed by atoms with Gasteiger partial charge in [0, 0.05) is 6.54 Å². The molecule has 0 aliphatic heterocycles. The molecule has 0 saturated carbocycles. The maximum atomic E-state index is 11.6. The lowest BCUT2D eigenvalue weighted by Gasteiger charge is -2.15. The zero-order chi connectivity index (χ0) is 14.1. The number of carboxylic acids is 1. The molecule has 0 aliphatic rings. The number of nitrogens with one attached hydrogen (secondary N) is 2. The number of carbonyl (C=O) groups excluding carboxylic acids is 1. The Morgan fingerprint density at radius 1 is 1.32 bits per heavy atom. The van der Waals surface area contributed by atoms with Gasteiger partial charge in [0.05, 0.1) is 0 Å². The van der Waals surface area contributed by atoms with E-state index < -0.39 is 18.0 Å². The number of benzene rings is 1. The minimum Gasteiger partial charge on any atom is -0.479 e. The van der Waals surface area contributed by atoms with Gasteiger partial charge in [-0.05, 0) is 18.9 Å². The number of hydrogen-bond donors (Lipinski definition) is 3. The lowest BCUT2D eigenvalue weighted by Crippen LogP contribution is -2.41. The van der Waals surface area contributed by atoms with Gasteiger partial charge in [-0.25, -0.2) is 9.59 Å². The molecule has 0 aliphatic carbocycles. The van der Waals surface area contributed by atoms with Crippen molar-refractivity contribution in [3.63, 3.8) is 0 Å². The Hall–Kier alpha value is -2.30. The summed E-state index contributed by atoms with van der Waals surface area (Å²) in [4.78, 5) is 22.7. The fraction of sp³-hybridized carbons (Fsp3) is 0.286. The van der Waals surface area contributed by atoms with E-state index in [9.17, 15) is 9.59 Å². The number of rotatable bonds is 6. The van der Waals surface area contributed by atoms with E-state index in [0.29, 0.717) is 18.5 Å². The van der Waals surface area contributed by atoms with Crippen LogP contribution in [-0.2, 0) is 4.79 Å². The van der Waals surface area contributed by atoms with E-state index in [1.54, 1.807) is 30.3 Å². The predicted octanol–water partition coefficient (Wildman–Crippen LogP) is 2.08. The second-order valence-corrected chi connectivity index (χ2v) is 3.94. The molecule has 19 heavy (non-hydrogen) atoms. The molecule has 0 heterocycles. The summed E-state index contributed by atoms with van der Waals surface area (Å²) in [6.45, 7) is 2.37. The van der Waals surface area contributed by atoms with Gasteiger partial charge in [0.25, 0.3) is 0 Å². The first-order valence-corrected chi connectivity index (χ1v) is 6.08. The molecule has 2 amide bonds. The second-order valence-electron chi connectivity index (χ2n) is 3.94. The molecule has 0 fully saturated rings. The third-order valence-electron chi connectivity index (χ3n) is 2.49. The summed E-state index contributed by atoms with van der Waals surface area (Å²) in [6.07, 6.45) is 4.53. The van der Waals surface area contributed by atoms with Crippen molar-refractivity contribution < 1.29 is 14.7 Å². The maximum absolute atomic E-state index is 11.6. The Labute approximate surface area is 112 Å². The Balaban J connectivity index is 2.55. The van der Waals surface area contributed by atoms with Crippen molar-refractivity contribution in [2.24, 2.45) is 0 Å². The number of urea groups is 1. The third-order valence-corrected chi connectivity index (χ3v) is 2.49. The van der Waals surface area contributed by atoms with Gasteiger partial charge in [0.15, 0.2) is 6.04 Å². The van der Waals surface area contributed by atoms with Crippen LogP contribution in [0.25, 0.3) is 0 Å². The Bertz CT molecular complexity index is 443. The van der Waals surface area contributed by atoms with Crippen molar-refractivity contribution >= 4 is 12.0 Å². The molecule has 0 bridgehead atoms. The molecule has 0 saturated heterocycles. The van der Waals surface area contributed by atoms with E-state index in [1.165, 1.54) is 0 Å². The van der Waals surface area contributed by atoms with Crippen molar-refractivity contribution in [1.82, 2.24) is 10.6 Å². The molecule has 1 aromatic rings. The SMILES string of the molecule is C/C=C/CCNC(=O)NC(C(=O)O)c1ccccc1. The number of hydrogen-bond acceptors (Lipinski definition) is 2. The van der Waals surface area contributed by atoms with Gasteiger partial charge >= 0.3 is 12.0 Å². The summed E-state index contributed by atoms with van der Waals surface area (Å²) in [6, 6.07) is 7.06. The van der Waals surface area contributed by atoms with Crippen LogP contribution in [-0.4, -0.2) is 23.7 Å². The van der Waals surface area contributed by atoms with Gasteiger partial charge in [0.2, 0.25) is 0 Å². The maximum Gasteiger partial charge on any atom is 0.330 e. The Kier molecular flexibility index (Phi) is 6.15. The first kappa shape index (κ1) is 14.8. The van der Waals surface area contributed by atoms with Gasteiger partial charge in [-0.1, -0.05) is 42.5 Å². The lowest BCUT2D eigenvalue weighted by molar-refractivity contribution is -0.139. The number of allylic oxidation sites excluding steroid dienone is 1. The average molecular weight is 262 g/mol. The quantitative estimate of drug-likeness (QED) is 0.542. The normalized spacial score (nSPS) is 12.1. The van der Waals surface area contributed by atoms with Gasteiger partial charge in [-0.2, -0.15) is 0 Å². The molecule has 0 spiro atoms. The van der Waals surface area contributed by atoms with Crippen molar-refractivity contribution in [2.45, 2.75) is 19.4 Å². The molecule has 1 atom stereocenters. The molecule has 1 unspecified atom stereocenters. The van der Waals surface area contributed by atoms with Gasteiger partial charge < -0.3 is 15.7 Å². The highest BCUT2D eigenvalue weighted by Gasteiger charge is 2.21. The predicted molar refractivity (Wildman–Crippen MR) is 72.8 cm³/mol.